The zero-order valence-electron chi connectivity index (χ0n) is 7.41. The Morgan fingerprint density at radius 1 is 1.47 bits per heavy atom. The van der Waals surface area contributed by atoms with Crippen molar-refractivity contribution in [2.24, 2.45) is 0 Å². The highest BCUT2D eigenvalue weighted by molar-refractivity contribution is 9.10. The predicted octanol–water partition coefficient (Wildman–Crippen LogP) is 3.57. The second-order valence-electron chi connectivity index (χ2n) is 2.86. The van der Waals surface area contributed by atoms with Gasteiger partial charge < -0.3 is 4.52 Å². The number of benzene rings is 1. The highest BCUT2D eigenvalue weighted by atomic mass is 79.9. The van der Waals surface area contributed by atoms with E-state index >= 15 is 0 Å². The summed E-state index contributed by atoms with van der Waals surface area (Å²) in [7, 11) is 0. The second kappa shape index (κ2) is 4.16. The van der Waals surface area contributed by atoms with Crippen molar-refractivity contribution in [3.8, 4) is 11.3 Å². The first-order chi connectivity index (χ1) is 7.22. The first-order valence-electron chi connectivity index (χ1n) is 4.07. The summed E-state index contributed by atoms with van der Waals surface area (Å²) in [6.45, 7) is 0. The Morgan fingerprint density at radius 3 is 2.93 bits per heavy atom. The fourth-order valence-electron chi connectivity index (χ4n) is 1.21. The Bertz CT molecular complexity index is 510. The summed E-state index contributed by atoms with van der Waals surface area (Å²) >= 11 is 9.32. The van der Waals surface area contributed by atoms with Gasteiger partial charge in [0.2, 0.25) is 0 Å². The van der Waals surface area contributed by atoms with Crippen LogP contribution in [0, 0.1) is 0 Å². The monoisotopic (exact) mass is 285 g/mol. The molecule has 5 heteroatoms. The maximum atomic E-state index is 10.7. The number of nitrogens with zero attached hydrogens (tertiary/aromatic N) is 1. The van der Waals surface area contributed by atoms with Crippen molar-refractivity contribution in [2.45, 2.75) is 0 Å². The first kappa shape index (κ1) is 10.4. The normalized spacial score (nSPS) is 10.3. The predicted molar refractivity (Wildman–Crippen MR) is 60.0 cm³/mol. The van der Waals surface area contributed by atoms with Crippen molar-refractivity contribution in [2.75, 3.05) is 0 Å². The van der Waals surface area contributed by atoms with E-state index in [1.165, 1.54) is 6.26 Å². The van der Waals surface area contributed by atoms with Gasteiger partial charge in [-0.25, -0.2) is 0 Å². The number of carbonyl (C=O) groups is 1. The third kappa shape index (κ3) is 1.96. The van der Waals surface area contributed by atoms with Gasteiger partial charge in [0.15, 0.2) is 6.29 Å². The minimum Gasteiger partial charge on any atom is -0.363 e. The van der Waals surface area contributed by atoms with Gasteiger partial charge in [-0.1, -0.05) is 38.8 Å². The number of aromatic nitrogens is 1. The molecule has 1 aromatic heterocycles. The summed E-state index contributed by atoms with van der Waals surface area (Å²) in [5, 5.41) is 4.26. The van der Waals surface area contributed by atoms with Gasteiger partial charge in [0, 0.05) is 10.0 Å². The summed E-state index contributed by atoms with van der Waals surface area (Å²) < 4.78 is 5.59. The van der Waals surface area contributed by atoms with Crippen LogP contribution in [0.2, 0.25) is 5.02 Å². The molecular formula is C10H5BrClNO2. The molecule has 0 unspecified atom stereocenters. The van der Waals surface area contributed by atoms with Gasteiger partial charge in [-0.15, -0.1) is 0 Å². The average Bonchev–Trinajstić information content (AvgIpc) is 2.65. The smallest absolute Gasteiger partial charge is 0.155 e. The molecule has 0 fully saturated rings. The summed E-state index contributed by atoms with van der Waals surface area (Å²) in [6.07, 6.45) is 1.98. The van der Waals surface area contributed by atoms with Gasteiger partial charge in [0.05, 0.1) is 10.6 Å². The summed E-state index contributed by atoms with van der Waals surface area (Å²) in [4.78, 5) is 10.7. The van der Waals surface area contributed by atoms with Crippen LogP contribution in [0.3, 0.4) is 0 Å². The SMILES string of the molecule is O=Cc1conc1-c1ccc(Br)cc1Cl. The van der Waals surface area contributed by atoms with Gasteiger partial charge in [-0.2, -0.15) is 0 Å². The summed E-state index contributed by atoms with van der Waals surface area (Å²) in [5.74, 6) is 0. The molecule has 0 saturated carbocycles. The minimum absolute atomic E-state index is 0.388. The van der Waals surface area contributed by atoms with Crippen molar-refractivity contribution in [3.05, 3.63) is 39.5 Å². The zero-order chi connectivity index (χ0) is 10.8. The molecule has 0 radical (unpaired) electrons. The van der Waals surface area contributed by atoms with Crippen LogP contribution in [0.25, 0.3) is 11.3 Å². The van der Waals surface area contributed by atoms with Gasteiger partial charge in [-0.05, 0) is 12.1 Å². The van der Waals surface area contributed by atoms with Gasteiger partial charge in [0.1, 0.15) is 12.0 Å². The van der Waals surface area contributed by atoms with Crippen LogP contribution >= 0.6 is 27.5 Å². The Morgan fingerprint density at radius 2 is 2.27 bits per heavy atom. The molecular weight excluding hydrogens is 281 g/mol. The number of hydrogen-bond acceptors (Lipinski definition) is 3. The van der Waals surface area contributed by atoms with Crippen LogP contribution in [0.1, 0.15) is 10.4 Å². The van der Waals surface area contributed by atoms with Crippen molar-refractivity contribution in [1.29, 1.82) is 0 Å². The van der Waals surface area contributed by atoms with Crippen LogP contribution in [-0.4, -0.2) is 11.4 Å². The number of carbonyl (C=O) groups excluding carboxylic acids is 1. The maximum Gasteiger partial charge on any atom is 0.155 e. The number of hydrogen-bond donors (Lipinski definition) is 0. The van der Waals surface area contributed by atoms with Gasteiger partial charge in [0.25, 0.3) is 0 Å². The van der Waals surface area contributed by atoms with Crippen LogP contribution in [0.4, 0.5) is 0 Å². The molecule has 76 valence electrons. The van der Waals surface area contributed by atoms with E-state index in [0.717, 1.165) is 4.47 Å². The molecule has 1 aromatic carbocycles. The molecule has 0 aliphatic rings. The fraction of sp³-hybridized carbons (Fsp3) is 0. The molecule has 3 nitrogen and oxygen atoms in total. The van der Waals surface area contributed by atoms with E-state index in [9.17, 15) is 4.79 Å². The van der Waals surface area contributed by atoms with Crippen LogP contribution in [-0.2, 0) is 0 Å². The molecule has 0 atom stereocenters. The van der Waals surface area contributed by atoms with E-state index in [0.29, 0.717) is 28.1 Å². The van der Waals surface area contributed by atoms with Crippen LogP contribution in [0.15, 0.2) is 33.5 Å². The minimum atomic E-state index is 0.388. The van der Waals surface area contributed by atoms with Crippen molar-refractivity contribution >= 4 is 33.8 Å². The van der Waals surface area contributed by atoms with E-state index < -0.39 is 0 Å². The van der Waals surface area contributed by atoms with Crippen LogP contribution in [0.5, 0.6) is 0 Å². The number of rotatable bonds is 2. The molecule has 1 heterocycles. The molecule has 0 saturated heterocycles. The summed E-state index contributed by atoms with van der Waals surface area (Å²) in [6, 6.07) is 5.34. The van der Waals surface area contributed by atoms with E-state index in [4.69, 9.17) is 16.1 Å². The molecule has 2 rings (SSSR count). The molecule has 0 N–H and O–H groups in total. The second-order valence-corrected chi connectivity index (χ2v) is 4.18. The van der Waals surface area contributed by atoms with Crippen LogP contribution < -0.4 is 0 Å². The molecule has 0 aliphatic heterocycles. The third-order valence-corrected chi connectivity index (χ3v) is 2.72. The average molecular weight is 287 g/mol. The molecule has 15 heavy (non-hydrogen) atoms. The highest BCUT2D eigenvalue weighted by Gasteiger charge is 2.12. The quantitative estimate of drug-likeness (QED) is 0.793. The molecule has 0 aliphatic carbocycles. The van der Waals surface area contributed by atoms with Crippen molar-refractivity contribution in [3.63, 3.8) is 0 Å². The lowest BCUT2D eigenvalue weighted by atomic mass is 10.1. The molecule has 0 amide bonds. The van der Waals surface area contributed by atoms with E-state index in [1.54, 1.807) is 12.1 Å². The van der Waals surface area contributed by atoms with E-state index in [-0.39, 0.29) is 0 Å². The molecule has 0 bridgehead atoms. The zero-order valence-corrected chi connectivity index (χ0v) is 9.75. The Kier molecular flexibility index (Phi) is 2.88. The summed E-state index contributed by atoms with van der Waals surface area (Å²) in [5.41, 5.74) is 1.53. The van der Waals surface area contributed by atoms with E-state index in [2.05, 4.69) is 21.1 Å². The van der Waals surface area contributed by atoms with Gasteiger partial charge >= 0.3 is 0 Å². The number of halogens is 2. The first-order valence-corrected chi connectivity index (χ1v) is 5.24. The lowest BCUT2D eigenvalue weighted by Gasteiger charge is -2.00. The van der Waals surface area contributed by atoms with Gasteiger partial charge in [-0.3, -0.25) is 4.79 Å². The fourth-order valence-corrected chi connectivity index (χ4v) is 1.98. The maximum absolute atomic E-state index is 10.7. The Labute approximate surface area is 99.2 Å². The largest absolute Gasteiger partial charge is 0.363 e. The lowest BCUT2D eigenvalue weighted by Crippen LogP contribution is -1.85. The molecule has 2 aromatic rings. The third-order valence-electron chi connectivity index (χ3n) is 1.91. The highest BCUT2D eigenvalue weighted by Crippen LogP contribution is 2.30. The molecule has 0 spiro atoms. The Balaban J connectivity index is 2.59. The lowest BCUT2D eigenvalue weighted by molar-refractivity contribution is 0.112. The number of aldehydes is 1. The van der Waals surface area contributed by atoms with E-state index in [1.807, 2.05) is 6.07 Å². The van der Waals surface area contributed by atoms with Crippen molar-refractivity contribution in [1.82, 2.24) is 5.16 Å². The standard InChI is InChI=1S/C10H5BrClNO2/c11-7-1-2-8(9(12)3-7)10-6(4-14)5-15-13-10/h1-5H. The van der Waals surface area contributed by atoms with Crippen molar-refractivity contribution < 1.29 is 9.32 Å². The Hall–Kier alpha value is -1.13. The topological polar surface area (TPSA) is 43.1 Å².